The van der Waals surface area contributed by atoms with Crippen LogP contribution in [-0.4, -0.2) is 20.2 Å². The number of likely N-dealkylation sites (N-methyl/N-ethyl adjacent to an activating group) is 1. The Balaban J connectivity index is 2.79. The van der Waals surface area contributed by atoms with Gasteiger partial charge in [-0.2, -0.15) is 0 Å². The van der Waals surface area contributed by atoms with Gasteiger partial charge in [-0.3, -0.25) is 0 Å². The standard InChI is InChI=1S/C11H18N2O/c1-9-5-4-6-11(10(9)2)13(3)7-8-14-12/h4-6H,7-8,12H2,1-3H3. The van der Waals surface area contributed by atoms with Crippen LogP contribution < -0.4 is 10.8 Å². The predicted molar refractivity (Wildman–Crippen MR) is 59.3 cm³/mol. The Hall–Kier alpha value is -1.06. The maximum absolute atomic E-state index is 5.00. The third-order valence-corrected chi connectivity index (χ3v) is 2.53. The summed E-state index contributed by atoms with van der Waals surface area (Å²) in [4.78, 5) is 6.71. The van der Waals surface area contributed by atoms with Crippen LogP contribution in [0.5, 0.6) is 0 Å². The summed E-state index contributed by atoms with van der Waals surface area (Å²) < 4.78 is 0. The zero-order valence-corrected chi connectivity index (χ0v) is 9.08. The maximum atomic E-state index is 5.00. The van der Waals surface area contributed by atoms with Crippen molar-refractivity contribution in [2.75, 3.05) is 25.1 Å². The second-order valence-electron chi connectivity index (χ2n) is 3.51. The Kier molecular flexibility index (Phi) is 3.92. The van der Waals surface area contributed by atoms with Crippen LogP contribution in [0.15, 0.2) is 18.2 Å². The highest BCUT2D eigenvalue weighted by Crippen LogP contribution is 2.20. The quantitative estimate of drug-likeness (QED) is 0.740. The van der Waals surface area contributed by atoms with Crippen molar-refractivity contribution in [3.05, 3.63) is 29.3 Å². The average molecular weight is 194 g/mol. The zero-order chi connectivity index (χ0) is 10.6. The molecule has 0 amide bonds. The van der Waals surface area contributed by atoms with Crippen LogP contribution in [0.3, 0.4) is 0 Å². The van der Waals surface area contributed by atoms with Gasteiger partial charge in [0.1, 0.15) is 0 Å². The van der Waals surface area contributed by atoms with Crippen LogP contribution in [0.1, 0.15) is 11.1 Å². The fraction of sp³-hybridized carbons (Fsp3) is 0.455. The summed E-state index contributed by atoms with van der Waals surface area (Å²) in [7, 11) is 2.04. The summed E-state index contributed by atoms with van der Waals surface area (Å²) in [6, 6.07) is 6.29. The zero-order valence-electron chi connectivity index (χ0n) is 9.08. The number of hydrogen-bond acceptors (Lipinski definition) is 3. The molecule has 0 unspecified atom stereocenters. The summed E-state index contributed by atoms with van der Waals surface area (Å²) in [6.07, 6.45) is 0. The molecule has 3 nitrogen and oxygen atoms in total. The second kappa shape index (κ2) is 4.98. The molecule has 0 aliphatic heterocycles. The number of hydrogen-bond donors (Lipinski definition) is 1. The number of rotatable bonds is 4. The molecule has 2 N–H and O–H groups in total. The molecular formula is C11H18N2O. The molecule has 0 saturated heterocycles. The van der Waals surface area contributed by atoms with Gasteiger partial charge in [-0.25, -0.2) is 5.90 Å². The van der Waals surface area contributed by atoms with Gasteiger partial charge in [-0.05, 0) is 31.0 Å². The van der Waals surface area contributed by atoms with Crippen LogP contribution in [-0.2, 0) is 4.84 Å². The number of aryl methyl sites for hydroxylation is 1. The molecule has 78 valence electrons. The Labute approximate surface area is 85.4 Å². The van der Waals surface area contributed by atoms with Crippen molar-refractivity contribution in [1.82, 2.24) is 0 Å². The Morgan fingerprint density at radius 3 is 2.71 bits per heavy atom. The largest absolute Gasteiger partial charge is 0.372 e. The molecule has 0 fully saturated rings. The molecule has 1 aromatic rings. The Morgan fingerprint density at radius 2 is 2.07 bits per heavy atom. The van der Waals surface area contributed by atoms with E-state index >= 15 is 0 Å². The third kappa shape index (κ3) is 2.47. The molecular weight excluding hydrogens is 176 g/mol. The summed E-state index contributed by atoms with van der Waals surface area (Å²) in [6.45, 7) is 5.60. The lowest BCUT2D eigenvalue weighted by Gasteiger charge is -2.21. The highest BCUT2D eigenvalue weighted by molar-refractivity contribution is 5.55. The molecule has 0 bridgehead atoms. The smallest absolute Gasteiger partial charge is 0.0854 e. The monoisotopic (exact) mass is 194 g/mol. The molecule has 0 aromatic heterocycles. The van der Waals surface area contributed by atoms with Gasteiger partial charge in [-0.15, -0.1) is 0 Å². The lowest BCUT2D eigenvalue weighted by Crippen LogP contribution is -2.24. The Morgan fingerprint density at radius 1 is 1.36 bits per heavy atom. The number of nitrogens with zero attached hydrogens (tertiary/aromatic N) is 1. The first-order chi connectivity index (χ1) is 6.66. The molecule has 0 heterocycles. The minimum absolute atomic E-state index is 0.546. The van der Waals surface area contributed by atoms with Crippen LogP contribution in [0, 0.1) is 13.8 Å². The molecule has 0 aliphatic carbocycles. The molecule has 14 heavy (non-hydrogen) atoms. The van der Waals surface area contributed by atoms with Gasteiger partial charge < -0.3 is 9.74 Å². The Bertz CT molecular complexity index is 299. The summed E-state index contributed by atoms with van der Waals surface area (Å²) in [5.41, 5.74) is 3.86. The minimum Gasteiger partial charge on any atom is -0.372 e. The second-order valence-corrected chi connectivity index (χ2v) is 3.51. The van der Waals surface area contributed by atoms with E-state index in [0.717, 1.165) is 6.54 Å². The fourth-order valence-corrected chi connectivity index (χ4v) is 1.46. The van der Waals surface area contributed by atoms with Gasteiger partial charge in [0, 0.05) is 19.3 Å². The van der Waals surface area contributed by atoms with Crippen LogP contribution in [0.4, 0.5) is 5.69 Å². The van der Waals surface area contributed by atoms with E-state index in [1.807, 2.05) is 7.05 Å². The van der Waals surface area contributed by atoms with Crippen LogP contribution in [0.25, 0.3) is 0 Å². The summed E-state index contributed by atoms with van der Waals surface area (Å²) in [5.74, 6) is 5.00. The van der Waals surface area contributed by atoms with Crippen molar-refractivity contribution in [2.45, 2.75) is 13.8 Å². The topological polar surface area (TPSA) is 38.5 Å². The SMILES string of the molecule is Cc1cccc(N(C)CCON)c1C. The van der Waals surface area contributed by atoms with Gasteiger partial charge in [0.25, 0.3) is 0 Å². The van der Waals surface area contributed by atoms with E-state index in [2.05, 4.69) is 41.8 Å². The van der Waals surface area contributed by atoms with E-state index in [1.165, 1.54) is 16.8 Å². The molecule has 1 aromatic carbocycles. The lowest BCUT2D eigenvalue weighted by atomic mass is 10.1. The van der Waals surface area contributed by atoms with E-state index < -0.39 is 0 Å². The highest BCUT2D eigenvalue weighted by Gasteiger charge is 2.04. The molecule has 0 spiro atoms. The van der Waals surface area contributed by atoms with Crippen molar-refractivity contribution >= 4 is 5.69 Å². The predicted octanol–water partition coefficient (Wildman–Crippen LogP) is 1.63. The first-order valence-electron chi connectivity index (χ1n) is 4.76. The molecule has 1 rings (SSSR count). The summed E-state index contributed by atoms with van der Waals surface area (Å²) in [5, 5.41) is 0. The van der Waals surface area contributed by atoms with Crippen LogP contribution in [0.2, 0.25) is 0 Å². The number of benzene rings is 1. The average Bonchev–Trinajstić information content (AvgIpc) is 2.18. The molecule has 0 saturated carbocycles. The fourth-order valence-electron chi connectivity index (χ4n) is 1.46. The van der Waals surface area contributed by atoms with Crippen LogP contribution >= 0.6 is 0 Å². The first-order valence-corrected chi connectivity index (χ1v) is 4.76. The van der Waals surface area contributed by atoms with Crippen molar-refractivity contribution in [3.8, 4) is 0 Å². The van der Waals surface area contributed by atoms with E-state index in [4.69, 9.17) is 5.90 Å². The normalized spacial score (nSPS) is 10.3. The third-order valence-electron chi connectivity index (χ3n) is 2.53. The van der Waals surface area contributed by atoms with Gasteiger partial charge in [0.2, 0.25) is 0 Å². The van der Waals surface area contributed by atoms with Gasteiger partial charge >= 0.3 is 0 Å². The van der Waals surface area contributed by atoms with E-state index in [-0.39, 0.29) is 0 Å². The van der Waals surface area contributed by atoms with Gasteiger partial charge in [0.15, 0.2) is 0 Å². The summed E-state index contributed by atoms with van der Waals surface area (Å²) >= 11 is 0. The van der Waals surface area contributed by atoms with Crippen molar-refractivity contribution in [1.29, 1.82) is 0 Å². The van der Waals surface area contributed by atoms with Gasteiger partial charge in [0.05, 0.1) is 6.61 Å². The van der Waals surface area contributed by atoms with Crippen molar-refractivity contribution in [3.63, 3.8) is 0 Å². The molecule has 0 radical (unpaired) electrons. The molecule has 0 aliphatic rings. The van der Waals surface area contributed by atoms with E-state index in [1.54, 1.807) is 0 Å². The number of anilines is 1. The van der Waals surface area contributed by atoms with E-state index in [0.29, 0.717) is 6.61 Å². The molecule has 0 atom stereocenters. The van der Waals surface area contributed by atoms with Gasteiger partial charge in [-0.1, -0.05) is 12.1 Å². The number of nitrogens with two attached hydrogens (primary N) is 1. The minimum atomic E-state index is 0.546. The highest BCUT2D eigenvalue weighted by atomic mass is 16.6. The lowest BCUT2D eigenvalue weighted by molar-refractivity contribution is 0.145. The van der Waals surface area contributed by atoms with Crippen molar-refractivity contribution < 1.29 is 4.84 Å². The van der Waals surface area contributed by atoms with E-state index in [9.17, 15) is 0 Å². The first kappa shape index (κ1) is 11.0. The molecule has 3 heteroatoms. The maximum Gasteiger partial charge on any atom is 0.0854 e. The van der Waals surface area contributed by atoms with Crippen molar-refractivity contribution in [2.24, 2.45) is 5.90 Å².